The number of methoxy groups -OCH3 is 1. The zero-order chi connectivity index (χ0) is 10.4. The number of benzene rings is 1. The number of ether oxygens (including phenoxy) is 2. The Kier molecular flexibility index (Phi) is 3.73. The van der Waals surface area contributed by atoms with Crippen LogP contribution in [-0.4, -0.2) is 13.1 Å². The van der Waals surface area contributed by atoms with Gasteiger partial charge in [0.15, 0.2) is 0 Å². The molecule has 0 unspecified atom stereocenters. The zero-order valence-corrected chi connectivity index (χ0v) is 7.97. The first-order chi connectivity index (χ1) is 6.79. The molecule has 3 nitrogen and oxygen atoms in total. The summed E-state index contributed by atoms with van der Waals surface area (Å²) in [6.45, 7) is 3.41. The van der Waals surface area contributed by atoms with E-state index in [1.807, 2.05) is 18.2 Å². The minimum atomic E-state index is -0.723. The van der Waals surface area contributed by atoms with Crippen molar-refractivity contribution in [1.29, 1.82) is 0 Å². The van der Waals surface area contributed by atoms with E-state index in [4.69, 9.17) is 4.74 Å². The van der Waals surface area contributed by atoms with Gasteiger partial charge in [0, 0.05) is 5.56 Å². The topological polar surface area (TPSA) is 35.5 Å². The second kappa shape index (κ2) is 5.07. The molecule has 0 saturated heterocycles. The van der Waals surface area contributed by atoms with E-state index in [0.29, 0.717) is 0 Å². The Morgan fingerprint density at radius 1 is 1.43 bits per heavy atom. The molecular weight excluding hydrogens is 180 g/mol. The van der Waals surface area contributed by atoms with Crippen molar-refractivity contribution < 1.29 is 14.3 Å². The molecule has 0 heterocycles. The van der Waals surface area contributed by atoms with Crippen molar-refractivity contribution in [3.8, 4) is 0 Å². The molecular formula is C11H12O3. The molecule has 0 spiro atoms. The van der Waals surface area contributed by atoms with Crippen LogP contribution in [0.25, 0.3) is 0 Å². The normalized spacial score (nSPS) is 11.5. The van der Waals surface area contributed by atoms with E-state index in [0.717, 1.165) is 5.56 Å². The Morgan fingerprint density at radius 3 is 2.57 bits per heavy atom. The summed E-state index contributed by atoms with van der Waals surface area (Å²) in [6, 6.07) is 9.12. The predicted octanol–water partition coefficient (Wildman–Crippen LogP) is 2.06. The van der Waals surface area contributed by atoms with Crippen molar-refractivity contribution in [1.82, 2.24) is 0 Å². The molecule has 0 fully saturated rings. The van der Waals surface area contributed by atoms with Crippen LogP contribution in [0.1, 0.15) is 11.7 Å². The summed E-state index contributed by atoms with van der Waals surface area (Å²) in [4.78, 5) is 11.3. The van der Waals surface area contributed by atoms with E-state index < -0.39 is 12.1 Å². The van der Waals surface area contributed by atoms with Crippen LogP contribution in [0.3, 0.4) is 0 Å². The molecule has 0 N–H and O–H groups in total. The maximum absolute atomic E-state index is 11.3. The Labute approximate surface area is 83.0 Å². The van der Waals surface area contributed by atoms with Gasteiger partial charge in [-0.3, -0.25) is 0 Å². The van der Waals surface area contributed by atoms with Gasteiger partial charge in [-0.15, -0.1) is 0 Å². The largest absolute Gasteiger partial charge is 0.482 e. The first-order valence-corrected chi connectivity index (χ1v) is 4.18. The minimum absolute atomic E-state index is 0.434. The van der Waals surface area contributed by atoms with Gasteiger partial charge in [-0.1, -0.05) is 36.9 Å². The van der Waals surface area contributed by atoms with Crippen molar-refractivity contribution in [2.45, 2.75) is 6.10 Å². The second-order valence-corrected chi connectivity index (χ2v) is 2.62. The van der Waals surface area contributed by atoms with Crippen LogP contribution in [0.2, 0.25) is 0 Å². The zero-order valence-electron chi connectivity index (χ0n) is 7.97. The van der Waals surface area contributed by atoms with Crippen LogP contribution in [-0.2, 0) is 14.3 Å². The van der Waals surface area contributed by atoms with Crippen LogP contribution in [0, 0.1) is 0 Å². The Balaban J connectivity index is 2.88. The quantitative estimate of drug-likeness (QED) is 0.541. The highest BCUT2D eigenvalue weighted by Crippen LogP contribution is 2.18. The number of hydrogen-bond donors (Lipinski definition) is 0. The monoisotopic (exact) mass is 192 g/mol. The standard InChI is InChI=1S/C11H12O3/c1-3-14-10(11(12)13-2)9-7-5-4-6-8-9/h3-8,10H,1H2,2H3/t10-/m1/s1. The molecule has 0 saturated carbocycles. The lowest BCUT2D eigenvalue weighted by atomic mass is 10.1. The third-order valence-electron chi connectivity index (χ3n) is 1.75. The number of hydrogen-bond acceptors (Lipinski definition) is 3. The molecule has 1 rings (SSSR count). The van der Waals surface area contributed by atoms with Gasteiger partial charge in [0.2, 0.25) is 6.10 Å². The van der Waals surface area contributed by atoms with Crippen molar-refractivity contribution >= 4 is 5.97 Å². The number of carbonyl (C=O) groups excluding carboxylic acids is 1. The Hall–Kier alpha value is -1.77. The van der Waals surface area contributed by atoms with E-state index in [2.05, 4.69) is 11.3 Å². The molecule has 14 heavy (non-hydrogen) atoms. The lowest BCUT2D eigenvalue weighted by Gasteiger charge is -2.13. The third-order valence-corrected chi connectivity index (χ3v) is 1.75. The summed E-state index contributed by atoms with van der Waals surface area (Å²) >= 11 is 0. The summed E-state index contributed by atoms with van der Waals surface area (Å²) in [6.07, 6.45) is 0.507. The highest BCUT2D eigenvalue weighted by molar-refractivity contribution is 5.76. The van der Waals surface area contributed by atoms with Gasteiger partial charge in [-0.2, -0.15) is 0 Å². The Morgan fingerprint density at radius 2 is 2.07 bits per heavy atom. The van der Waals surface area contributed by atoms with E-state index in [1.54, 1.807) is 12.1 Å². The third kappa shape index (κ3) is 2.36. The lowest BCUT2D eigenvalue weighted by Crippen LogP contribution is -2.15. The van der Waals surface area contributed by atoms with Gasteiger partial charge in [0.05, 0.1) is 13.4 Å². The molecule has 1 atom stereocenters. The highest BCUT2D eigenvalue weighted by Gasteiger charge is 2.21. The molecule has 0 aromatic heterocycles. The van der Waals surface area contributed by atoms with Gasteiger partial charge in [-0.25, -0.2) is 4.79 Å². The van der Waals surface area contributed by atoms with Crippen molar-refractivity contribution in [3.05, 3.63) is 48.7 Å². The molecule has 0 aliphatic heterocycles. The molecule has 1 aromatic rings. The smallest absolute Gasteiger partial charge is 0.351 e. The van der Waals surface area contributed by atoms with Gasteiger partial charge in [0.25, 0.3) is 0 Å². The molecule has 0 bridgehead atoms. The van der Waals surface area contributed by atoms with Crippen LogP contribution < -0.4 is 0 Å². The number of carbonyl (C=O) groups is 1. The van der Waals surface area contributed by atoms with Gasteiger partial charge >= 0.3 is 5.97 Å². The SMILES string of the molecule is C=CO[C@@H](C(=O)OC)c1ccccc1. The minimum Gasteiger partial charge on any atom is -0.482 e. The predicted molar refractivity (Wildman–Crippen MR) is 52.5 cm³/mol. The van der Waals surface area contributed by atoms with Gasteiger partial charge in [-0.05, 0) is 0 Å². The summed E-state index contributed by atoms with van der Waals surface area (Å²) in [5, 5.41) is 0. The first-order valence-electron chi connectivity index (χ1n) is 4.18. The van der Waals surface area contributed by atoms with Crippen LogP contribution in [0.15, 0.2) is 43.2 Å². The maximum atomic E-state index is 11.3. The molecule has 0 aliphatic rings. The van der Waals surface area contributed by atoms with Crippen molar-refractivity contribution in [3.63, 3.8) is 0 Å². The Bertz CT molecular complexity index is 306. The van der Waals surface area contributed by atoms with E-state index in [-0.39, 0.29) is 0 Å². The second-order valence-electron chi connectivity index (χ2n) is 2.62. The number of esters is 1. The number of rotatable bonds is 4. The van der Waals surface area contributed by atoms with Crippen LogP contribution >= 0.6 is 0 Å². The average Bonchev–Trinajstić information content (AvgIpc) is 2.26. The van der Waals surface area contributed by atoms with E-state index >= 15 is 0 Å². The molecule has 0 amide bonds. The summed E-state index contributed by atoms with van der Waals surface area (Å²) in [5.74, 6) is -0.434. The molecule has 0 aliphatic carbocycles. The fourth-order valence-corrected chi connectivity index (χ4v) is 1.10. The molecule has 74 valence electrons. The average molecular weight is 192 g/mol. The molecule has 0 radical (unpaired) electrons. The summed E-state index contributed by atoms with van der Waals surface area (Å²) < 4.78 is 9.68. The van der Waals surface area contributed by atoms with Gasteiger partial charge < -0.3 is 9.47 Å². The van der Waals surface area contributed by atoms with Crippen molar-refractivity contribution in [2.24, 2.45) is 0 Å². The maximum Gasteiger partial charge on any atom is 0.351 e. The lowest BCUT2D eigenvalue weighted by molar-refractivity contribution is -0.151. The first kappa shape index (κ1) is 10.3. The van der Waals surface area contributed by atoms with E-state index in [9.17, 15) is 4.79 Å². The fourth-order valence-electron chi connectivity index (χ4n) is 1.10. The fraction of sp³-hybridized carbons (Fsp3) is 0.182. The van der Waals surface area contributed by atoms with E-state index in [1.165, 1.54) is 13.4 Å². The van der Waals surface area contributed by atoms with Crippen molar-refractivity contribution in [2.75, 3.05) is 7.11 Å². The van der Waals surface area contributed by atoms with Gasteiger partial charge in [0.1, 0.15) is 0 Å². The molecule has 3 heteroatoms. The highest BCUT2D eigenvalue weighted by atomic mass is 16.6. The van der Waals surface area contributed by atoms with Crippen LogP contribution in [0.4, 0.5) is 0 Å². The summed E-state index contributed by atoms with van der Waals surface area (Å²) in [7, 11) is 1.32. The summed E-state index contributed by atoms with van der Waals surface area (Å²) in [5.41, 5.74) is 0.749. The van der Waals surface area contributed by atoms with Crippen LogP contribution in [0.5, 0.6) is 0 Å². The molecule has 1 aromatic carbocycles.